The average molecular weight is 874 g/mol. The number of fused-ring (bicyclic) bond motifs is 2. The molecule has 2 aliphatic carbocycles. The number of H-pyrrole nitrogens is 2. The number of likely N-dealkylation sites (tertiary alicyclic amines) is 2. The van der Waals surface area contributed by atoms with Crippen LogP contribution >= 0.6 is 0 Å². The molecule has 2 amide bonds. The number of carbonyl (C=O) groups excluding carboxylic acids is 2. The first-order valence-corrected chi connectivity index (χ1v) is 24.6. The number of aromatic amines is 2. The zero-order valence-corrected chi connectivity index (χ0v) is 40.8. The van der Waals surface area contributed by atoms with Gasteiger partial charge in [0.15, 0.2) is 0 Å². The highest BCUT2D eigenvalue weighted by Gasteiger charge is 2.63. The van der Waals surface area contributed by atoms with Gasteiger partial charge in [-0.1, -0.05) is 96.0 Å². The lowest BCUT2D eigenvalue weighted by Crippen LogP contribution is -2.33. The molecule has 0 spiro atoms. The van der Waals surface area contributed by atoms with Crippen molar-refractivity contribution in [2.75, 3.05) is 18.0 Å². The monoisotopic (exact) mass is 874 g/mol. The van der Waals surface area contributed by atoms with E-state index in [2.05, 4.69) is 174 Å². The Kier molecular flexibility index (Phi) is 10.6. The molecule has 0 radical (unpaired) electrons. The zero-order chi connectivity index (χ0) is 45.9. The van der Waals surface area contributed by atoms with Gasteiger partial charge in [-0.25, -0.2) is 9.97 Å². The number of amides is 2. The summed E-state index contributed by atoms with van der Waals surface area (Å²) in [5, 5.41) is 0. The Morgan fingerprint density at radius 3 is 1.45 bits per heavy atom. The van der Waals surface area contributed by atoms with E-state index in [1.807, 2.05) is 0 Å². The van der Waals surface area contributed by atoms with Gasteiger partial charge in [-0.2, -0.15) is 0 Å². The van der Waals surface area contributed by atoms with Crippen LogP contribution in [-0.2, 0) is 15.0 Å². The van der Waals surface area contributed by atoms with E-state index in [-0.39, 0.29) is 64.1 Å². The van der Waals surface area contributed by atoms with E-state index in [1.54, 1.807) is 0 Å². The maximum atomic E-state index is 14.1. The summed E-state index contributed by atoms with van der Waals surface area (Å²) < 4.78 is 0. The Balaban J connectivity index is 0.933. The van der Waals surface area contributed by atoms with Gasteiger partial charge in [0, 0.05) is 18.8 Å². The molecule has 2 N–H and O–H groups in total. The van der Waals surface area contributed by atoms with Crippen molar-refractivity contribution in [3.63, 3.8) is 0 Å². The Bertz CT molecular complexity index is 2560. The van der Waals surface area contributed by atoms with Crippen LogP contribution in [0, 0.1) is 34.5 Å². The lowest BCUT2D eigenvalue weighted by atomic mass is 9.87. The smallest absolute Gasteiger partial charge is 0.227 e. The first-order valence-electron chi connectivity index (χ1n) is 24.6. The minimum absolute atomic E-state index is 0.0164. The number of aromatic nitrogens is 4. The Morgan fingerprint density at radius 1 is 0.615 bits per heavy atom. The van der Waals surface area contributed by atoms with Crippen LogP contribution in [0.3, 0.4) is 0 Å². The minimum Gasteiger partial charge on any atom is -0.357 e. The molecular weight excluding hydrogens is 803 g/mol. The fourth-order valence-electron chi connectivity index (χ4n) is 12.4. The van der Waals surface area contributed by atoms with Crippen LogP contribution in [0.5, 0.6) is 0 Å². The quantitative estimate of drug-likeness (QED) is 0.144. The molecule has 9 nitrogen and oxygen atoms in total. The van der Waals surface area contributed by atoms with E-state index in [1.165, 1.54) is 33.5 Å². The number of allylic oxidation sites excluding steroid dienone is 4. The molecule has 5 aliphatic rings. The average Bonchev–Trinajstić information content (AvgIpc) is 3.88. The predicted octanol–water partition coefficient (Wildman–Crippen LogP) is 12.6. The SMILES string of the molecule is CC(C)=C[C@@H]1C(C(=O)N2CCC[C@H]2c2nc3ccc([C@H]4CC[C@H](c5ccc6nc([C@@H]7CCCN7C(=O)C7[C@@H](C=C(C)C)C7(C)C)[nH]c6c5)N4c4ccc(C(C)(C)C)cc4)cc3[nH]2)C1(C)C. The first-order chi connectivity index (χ1) is 30.8. The third-order valence-electron chi connectivity index (χ3n) is 16.3. The van der Waals surface area contributed by atoms with Crippen LogP contribution in [-0.4, -0.2) is 54.6 Å². The summed E-state index contributed by atoms with van der Waals surface area (Å²) in [5.74, 6) is 3.00. The molecule has 3 saturated heterocycles. The molecule has 5 aromatic rings. The Labute approximate surface area is 386 Å². The second-order valence-electron chi connectivity index (χ2n) is 23.1. The van der Waals surface area contributed by atoms with Gasteiger partial charge in [0.1, 0.15) is 11.6 Å². The summed E-state index contributed by atoms with van der Waals surface area (Å²) >= 11 is 0. The fourth-order valence-corrected chi connectivity index (χ4v) is 12.4. The number of hydrogen-bond acceptors (Lipinski definition) is 5. The van der Waals surface area contributed by atoms with Crippen molar-refractivity contribution >= 4 is 39.6 Å². The minimum atomic E-state index is -0.0313. The molecule has 65 heavy (non-hydrogen) atoms. The standard InChI is InChI=1S/C56H71N7O2/c1-32(2)28-38-48(55(38,8)9)52(64)61-26-12-14-46(61)50-57-40-22-16-34(30-42(40)59-50)44-24-25-45(63(44)37-20-18-36(19-21-37)54(5,6)7)35-17-23-41-43(31-35)60-51(58-41)47-15-13-27-62(47)53(65)49-39(29-33(3)4)56(49,10)11/h16-23,28-31,38-39,44-49H,12-15,24-27H2,1-11H3,(H,57,59)(H,58,60)/t38-,39-,44-,45-,46+,47+,48?,49?/m1/s1. The van der Waals surface area contributed by atoms with Gasteiger partial charge in [-0.3, -0.25) is 9.59 Å². The topological polar surface area (TPSA) is 101 Å². The van der Waals surface area contributed by atoms with Crippen molar-refractivity contribution in [3.8, 4) is 0 Å². The van der Waals surface area contributed by atoms with E-state index in [9.17, 15) is 9.59 Å². The number of anilines is 1. The molecular formula is C56H71N7O2. The normalized spacial score (nSPS) is 28.0. The molecule has 10 rings (SSSR count). The lowest BCUT2D eigenvalue weighted by Gasteiger charge is -2.34. The molecule has 2 aromatic heterocycles. The maximum Gasteiger partial charge on any atom is 0.227 e. The lowest BCUT2D eigenvalue weighted by molar-refractivity contribution is -0.135. The number of nitrogens with one attached hydrogen (secondary N) is 2. The van der Waals surface area contributed by atoms with Crippen LogP contribution in [0.4, 0.5) is 5.69 Å². The van der Waals surface area contributed by atoms with Gasteiger partial charge in [-0.15, -0.1) is 0 Å². The molecule has 3 aliphatic heterocycles. The van der Waals surface area contributed by atoms with Gasteiger partial charge < -0.3 is 24.7 Å². The van der Waals surface area contributed by atoms with Gasteiger partial charge in [0.05, 0.1) is 58.1 Å². The van der Waals surface area contributed by atoms with E-state index in [0.29, 0.717) is 11.8 Å². The van der Waals surface area contributed by atoms with Crippen LogP contribution in [0.15, 0.2) is 84.0 Å². The molecule has 2 unspecified atom stereocenters. The van der Waals surface area contributed by atoms with Gasteiger partial charge in [0.2, 0.25) is 11.8 Å². The highest BCUT2D eigenvalue weighted by atomic mass is 16.2. The van der Waals surface area contributed by atoms with Crippen molar-refractivity contribution in [1.82, 2.24) is 29.7 Å². The van der Waals surface area contributed by atoms with E-state index in [0.717, 1.165) is 85.3 Å². The molecule has 3 aromatic carbocycles. The first kappa shape index (κ1) is 43.7. The molecule has 2 saturated carbocycles. The van der Waals surface area contributed by atoms with Gasteiger partial charge >= 0.3 is 0 Å². The Hall–Kier alpha value is -5.18. The number of carbonyl (C=O) groups is 2. The highest BCUT2D eigenvalue weighted by molar-refractivity contribution is 5.86. The zero-order valence-electron chi connectivity index (χ0n) is 40.8. The summed E-state index contributed by atoms with van der Waals surface area (Å²) in [4.78, 5) is 52.9. The highest BCUT2D eigenvalue weighted by Crippen LogP contribution is 2.62. The van der Waals surface area contributed by atoms with Crippen LogP contribution in [0.1, 0.15) is 167 Å². The van der Waals surface area contributed by atoms with Crippen LogP contribution in [0.2, 0.25) is 0 Å². The van der Waals surface area contributed by atoms with E-state index in [4.69, 9.17) is 9.97 Å². The molecule has 342 valence electrons. The van der Waals surface area contributed by atoms with Crippen molar-refractivity contribution in [2.45, 2.75) is 144 Å². The largest absolute Gasteiger partial charge is 0.357 e. The molecule has 8 atom stereocenters. The van der Waals surface area contributed by atoms with Crippen molar-refractivity contribution < 1.29 is 9.59 Å². The fraction of sp³-hybridized carbons (Fsp3) is 0.536. The Morgan fingerprint density at radius 2 is 1.05 bits per heavy atom. The number of benzene rings is 3. The van der Waals surface area contributed by atoms with Crippen LogP contribution < -0.4 is 4.90 Å². The summed E-state index contributed by atoms with van der Waals surface area (Å²) in [5.41, 5.74) is 11.6. The van der Waals surface area contributed by atoms with Gasteiger partial charge in [-0.05, 0) is 147 Å². The number of rotatable bonds is 9. The summed E-state index contributed by atoms with van der Waals surface area (Å²) in [6.45, 7) is 25.9. The molecule has 5 fully saturated rings. The summed E-state index contributed by atoms with van der Waals surface area (Å²) in [7, 11) is 0. The van der Waals surface area contributed by atoms with Crippen LogP contribution in [0.25, 0.3) is 22.1 Å². The second-order valence-corrected chi connectivity index (χ2v) is 23.1. The number of hydrogen-bond donors (Lipinski definition) is 2. The van der Waals surface area contributed by atoms with Crippen molar-refractivity contribution in [3.05, 3.63) is 112 Å². The van der Waals surface area contributed by atoms with E-state index >= 15 is 0 Å². The molecule has 9 heteroatoms. The third kappa shape index (κ3) is 7.62. The number of nitrogens with zero attached hydrogens (tertiary/aromatic N) is 5. The van der Waals surface area contributed by atoms with E-state index < -0.39 is 0 Å². The van der Waals surface area contributed by atoms with Crippen molar-refractivity contribution in [1.29, 1.82) is 0 Å². The predicted molar refractivity (Wildman–Crippen MR) is 262 cm³/mol. The van der Waals surface area contributed by atoms with Gasteiger partial charge in [0.25, 0.3) is 0 Å². The number of imidazole rings is 2. The second kappa shape index (κ2) is 15.7. The summed E-state index contributed by atoms with van der Waals surface area (Å²) in [6, 6.07) is 23.0. The third-order valence-corrected chi connectivity index (χ3v) is 16.3. The molecule has 5 heterocycles. The molecule has 0 bridgehead atoms. The van der Waals surface area contributed by atoms with Crippen molar-refractivity contribution in [2.24, 2.45) is 34.5 Å². The maximum absolute atomic E-state index is 14.1. The summed E-state index contributed by atoms with van der Waals surface area (Å²) in [6.07, 6.45) is 10.4.